The summed E-state index contributed by atoms with van der Waals surface area (Å²) < 4.78 is 20.2. The Bertz CT molecular complexity index is 1880. The summed E-state index contributed by atoms with van der Waals surface area (Å²) in [6, 6.07) is 18.4. The number of carbonyl (C=O) groups excluding carboxylic acids is 1. The number of nitrogens with zero attached hydrogens (tertiary/aromatic N) is 2. The van der Waals surface area contributed by atoms with Crippen LogP contribution in [-0.4, -0.2) is 24.3 Å². The van der Waals surface area contributed by atoms with Crippen molar-refractivity contribution in [2.24, 2.45) is 4.99 Å². The highest BCUT2D eigenvalue weighted by Crippen LogP contribution is 2.35. The van der Waals surface area contributed by atoms with Crippen molar-refractivity contribution in [2.45, 2.75) is 33.4 Å². The van der Waals surface area contributed by atoms with Gasteiger partial charge in [-0.2, -0.15) is 0 Å². The van der Waals surface area contributed by atoms with Crippen molar-refractivity contribution in [3.05, 3.63) is 122 Å². The zero-order chi connectivity index (χ0) is 30.0. The molecular formula is C32H28ClIN2O5S. The van der Waals surface area contributed by atoms with Crippen LogP contribution < -0.4 is 24.4 Å². The molecule has 5 rings (SSSR count). The van der Waals surface area contributed by atoms with Gasteiger partial charge in [0.05, 0.1) is 35.6 Å². The number of benzene rings is 3. The number of hydrogen-bond donors (Lipinski definition) is 0. The third kappa shape index (κ3) is 6.18. The van der Waals surface area contributed by atoms with Crippen LogP contribution >= 0.6 is 45.5 Å². The predicted molar refractivity (Wildman–Crippen MR) is 173 cm³/mol. The maximum atomic E-state index is 14.1. The molecule has 0 saturated carbocycles. The van der Waals surface area contributed by atoms with E-state index in [1.807, 2.05) is 61.5 Å². The van der Waals surface area contributed by atoms with Crippen LogP contribution in [-0.2, 0) is 16.1 Å². The molecule has 1 atom stereocenters. The zero-order valence-electron chi connectivity index (χ0n) is 23.4. The van der Waals surface area contributed by atoms with Crippen LogP contribution in [0.3, 0.4) is 0 Å². The largest absolute Gasteiger partial charge is 0.493 e. The monoisotopic (exact) mass is 714 g/mol. The van der Waals surface area contributed by atoms with E-state index in [4.69, 9.17) is 25.8 Å². The van der Waals surface area contributed by atoms with Crippen molar-refractivity contribution < 1.29 is 19.0 Å². The third-order valence-electron chi connectivity index (χ3n) is 6.74. The van der Waals surface area contributed by atoms with Crippen LogP contribution in [0.25, 0.3) is 6.08 Å². The first-order valence-electron chi connectivity index (χ1n) is 13.2. The molecule has 0 unspecified atom stereocenters. The fraction of sp³-hybridized carbons (Fsp3) is 0.219. The van der Waals surface area contributed by atoms with Crippen molar-refractivity contribution in [1.82, 2.24) is 4.57 Å². The number of methoxy groups -OCH3 is 1. The molecule has 7 nitrogen and oxygen atoms in total. The van der Waals surface area contributed by atoms with E-state index in [1.54, 1.807) is 37.7 Å². The molecule has 0 spiro atoms. The van der Waals surface area contributed by atoms with Crippen molar-refractivity contribution >= 4 is 57.6 Å². The molecule has 0 saturated heterocycles. The lowest BCUT2D eigenvalue weighted by Gasteiger charge is -2.24. The number of rotatable bonds is 8. The van der Waals surface area contributed by atoms with E-state index in [0.717, 1.165) is 20.3 Å². The fourth-order valence-electron chi connectivity index (χ4n) is 4.78. The minimum Gasteiger partial charge on any atom is -0.493 e. The number of thiazole rings is 1. The normalized spacial score (nSPS) is 14.8. The maximum Gasteiger partial charge on any atom is 0.338 e. The van der Waals surface area contributed by atoms with Crippen molar-refractivity contribution in [3.8, 4) is 11.5 Å². The van der Waals surface area contributed by atoms with Crippen molar-refractivity contribution in [1.29, 1.82) is 0 Å². The van der Waals surface area contributed by atoms with Gasteiger partial charge in [0, 0.05) is 14.2 Å². The molecule has 0 bridgehead atoms. The summed E-state index contributed by atoms with van der Waals surface area (Å²) in [4.78, 5) is 32.4. The summed E-state index contributed by atoms with van der Waals surface area (Å²) in [6.07, 6.45) is 1.79. The second-order valence-electron chi connectivity index (χ2n) is 9.66. The molecule has 1 aromatic heterocycles. The molecule has 216 valence electrons. The van der Waals surface area contributed by atoms with Gasteiger partial charge < -0.3 is 14.2 Å². The highest BCUT2D eigenvalue weighted by molar-refractivity contribution is 14.1. The van der Waals surface area contributed by atoms with E-state index in [0.29, 0.717) is 42.7 Å². The number of carbonyl (C=O) groups is 1. The smallest absolute Gasteiger partial charge is 0.338 e. The lowest BCUT2D eigenvalue weighted by Crippen LogP contribution is -2.39. The highest BCUT2D eigenvalue weighted by atomic mass is 127. The van der Waals surface area contributed by atoms with Crippen molar-refractivity contribution in [3.63, 3.8) is 0 Å². The molecule has 0 aliphatic carbocycles. The average molecular weight is 715 g/mol. The number of allylic oxidation sites excluding steroid dienone is 1. The Morgan fingerprint density at radius 1 is 1.14 bits per heavy atom. The van der Waals surface area contributed by atoms with Crippen LogP contribution in [0.15, 0.2) is 81.7 Å². The maximum absolute atomic E-state index is 14.1. The summed E-state index contributed by atoms with van der Waals surface area (Å²) in [5, 5.41) is 0.618. The van der Waals surface area contributed by atoms with E-state index in [2.05, 4.69) is 27.6 Å². The molecule has 2 heterocycles. The van der Waals surface area contributed by atoms with Gasteiger partial charge in [-0.3, -0.25) is 9.36 Å². The molecule has 4 aromatic rings. The molecule has 10 heteroatoms. The number of esters is 1. The number of hydrogen-bond acceptors (Lipinski definition) is 7. The minimum absolute atomic E-state index is 0.215. The Morgan fingerprint density at radius 3 is 2.60 bits per heavy atom. The molecule has 1 aliphatic heterocycles. The van der Waals surface area contributed by atoms with Gasteiger partial charge >= 0.3 is 5.97 Å². The van der Waals surface area contributed by atoms with Crippen LogP contribution in [0.1, 0.15) is 42.1 Å². The number of aryl methyl sites for hydroxylation is 1. The van der Waals surface area contributed by atoms with Gasteiger partial charge in [0.1, 0.15) is 6.61 Å². The summed E-state index contributed by atoms with van der Waals surface area (Å²) in [7, 11) is 1.58. The third-order valence-corrected chi connectivity index (χ3v) is 8.58. The Labute approximate surface area is 265 Å². The SMILES string of the molecule is CCOC(=O)C1=C(C)N=c2s/c(=C\c3cc(I)cc(OC)c3OCc3cccc(Cl)c3)c(=O)n2[C@@H]1c1ccc(C)cc1. The van der Waals surface area contributed by atoms with Gasteiger partial charge in [0.25, 0.3) is 5.56 Å². The standard InChI is InChI=1S/C32H28ClIN2O5S/c1-5-40-31(38)27-19(3)35-32-36(28(27)21-11-9-18(2)10-12-21)30(37)26(42-32)15-22-14-24(34)16-25(39-4)29(22)41-17-20-7-6-8-23(33)13-20/h6-16,28H,5,17H2,1-4H3/b26-15-/t28-/m1/s1. The minimum atomic E-state index is -0.674. The summed E-state index contributed by atoms with van der Waals surface area (Å²) in [5.41, 5.74) is 4.05. The Morgan fingerprint density at radius 2 is 1.90 bits per heavy atom. The first-order chi connectivity index (χ1) is 20.2. The number of halogens is 2. The molecule has 0 amide bonds. The summed E-state index contributed by atoms with van der Waals surface area (Å²) in [5.74, 6) is 0.556. The van der Waals surface area contributed by atoms with Crippen LogP contribution in [0.2, 0.25) is 5.02 Å². The molecule has 0 fully saturated rings. The molecule has 0 N–H and O–H groups in total. The zero-order valence-corrected chi connectivity index (χ0v) is 27.2. The van der Waals surface area contributed by atoms with Gasteiger partial charge in [-0.05, 0) is 84.8 Å². The summed E-state index contributed by atoms with van der Waals surface area (Å²) >= 11 is 9.64. The van der Waals surface area contributed by atoms with Gasteiger partial charge in [0.15, 0.2) is 16.3 Å². The molecule has 1 aliphatic rings. The average Bonchev–Trinajstić information content (AvgIpc) is 3.26. The molecular weight excluding hydrogens is 687 g/mol. The van der Waals surface area contributed by atoms with E-state index in [-0.39, 0.29) is 18.8 Å². The second kappa shape index (κ2) is 12.8. The number of fused-ring (bicyclic) bond motifs is 1. The lowest BCUT2D eigenvalue weighted by molar-refractivity contribution is -0.139. The van der Waals surface area contributed by atoms with Gasteiger partial charge in [-0.15, -0.1) is 0 Å². The van der Waals surface area contributed by atoms with Gasteiger partial charge in [-0.1, -0.05) is 64.9 Å². The molecule has 0 radical (unpaired) electrons. The first-order valence-corrected chi connectivity index (χ1v) is 15.5. The van der Waals surface area contributed by atoms with E-state index in [1.165, 1.54) is 11.3 Å². The first kappa shape index (κ1) is 30.1. The highest BCUT2D eigenvalue weighted by Gasteiger charge is 2.33. The predicted octanol–water partition coefficient (Wildman–Crippen LogP) is 5.95. The fourth-order valence-corrected chi connectivity index (χ4v) is 6.65. The van der Waals surface area contributed by atoms with E-state index < -0.39 is 12.0 Å². The van der Waals surface area contributed by atoms with Crippen LogP contribution in [0, 0.1) is 10.5 Å². The second-order valence-corrected chi connectivity index (χ2v) is 12.3. The van der Waals surface area contributed by atoms with Crippen LogP contribution in [0.4, 0.5) is 0 Å². The lowest BCUT2D eigenvalue weighted by atomic mass is 9.95. The number of ether oxygens (including phenoxy) is 3. The molecule has 42 heavy (non-hydrogen) atoms. The van der Waals surface area contributed by atoms with Crippen LogP contribution in [0.5, 0.6) is 11.5 Å². The van der Waals surface area contributed by atoms with E-state index >= 15 is 0 Å². The van der Waals surface area contributed by atoms with Gasteiger partial charge in [0.2, 0.25) is 0 Å². The Balaban J connectivity index is 1.66. The van der Waals surface area contributed by atoms with Gasteiger partial charge in [-0.25, -0.2) is 9.79 Å². The quantitative estimate of drug-likeness (QED) is 0.167. The Hall–Kier alpha value is -3.41. The van der Waals surface area contributed by atoms with E-state index in [9.17, 15) is 9.59 Å². The number of aromatic nitrogens is 1. The molecule has 3 aromatic carbocycles. The Kier molecular flexibility index (Phi) is 9.19. The summed E-state index contributed by atoms with van der Waals surface area (Å²) in [6.45, 7) is 5.99. The topological polar surface area (TPSA) is 79.1 Å². The van der Waals surface area contributed by atoms with Crippen molar-refractivity contribution in [2.75, 3.05) is 13.7 Å².